The highest BCUT2D eigenvalue weighted by Gasteiger charge is 2.21. The number of imidazole rings is 1. The number of benzene rings is 2. The Kier molecular flexibility index (Phi) is 4.58. The number of β-amino-alcohol motifs (C(OH)–C–C–N with tert-alkyl or cyclic N) is 1. The highest BCUT2D eigenvalue weighted by molar-refractivity contribution is 5.77. The molecule has 0 saturated carbocycles. The van der Waals surface area contributed by atoms with E-state index in [0.717, 1.165) is 35.1 Å². The number of nitrogens with one attached hydrogen (secondary N) is 1. The molecule has 2 amide bonds. The Morgan fingerprint density at radius 1 is 1.19 bits per heavy atom. The van der Waals surface area contributed by atoms with Gasteiger partial charge in [0.25, 0.3) is 0 Å². The van der Waals surface area contributed by atoms with E-state index >= 15 is 0 Å². The van der Waals surface area contributed by atoms with Crippen molar-refractivity contribution in [3.63, 3.8) is 0 Å². The molecule has 0 aliphatic carbocycles. The second kappa shape index (κ2) is 7.17. The summed E-state index contributed by atoms with van der Waals surface area (Å²) in [7, 11) is 0. The fourth-order valence-corrected chi connectivity index (χ4v) is 3.37. The normalized spacial score (nSPS) is 17.4. The van der Waals surface area contributed by atoms with Crippen LogP contribution in [0.25, 0.3) is 16.7 Å². The maximum atomic E-state index is 12.2. The SMILES string of the molecule is O=C(NCc1ccc(-n2cnc3ccccc32)cc1)N1CCC[C@H](O)C1. The molecule has 0 unspecified atom stereocenters. The number of likely N-dealkylation sites (tertiary alicyclic amines) is 1. The lowest BCUT2D eigenvalue weighted by Gasteiger charge is -2.30. The predicted molar refractivity (Wildman–Crippen MR) is 100 cm³/mol. The van der Waals surface area contributed by atoms with Gasteiger partial charge in [-0.15, -0.1) is 0 Å². The summed E-state index contributed by atoms with van der Waals surface area (Å²) in [6.07, 6.45) is 3.04. The van der Waals surface area contributed by atoms with Crippen LogP contribution in [0.4, 0.5) is 4.79 Å². The van der Waals surface area contributed by atoms with Crippen LogP contribution >= 0.6 is 0 Å². The van der Waals surface area contributed by atoms with E-state index in [0.29, 0.717) is 19.6 Å². The highest BCUT2D eigenvalue weighted by Crippen LogP contribution is 2.18. The lowest BCUT2D eigenvalue weighted by molar-refractivity contribution is 0.0842. The van der Waals surface area contributed by atoms with Gasteiger partial charge in [-0.1, -0.05) is 24.3 Å². The Labute approximate surface area is 152 Å². The minimum absolute atomic E-state index is 0.117. The third-order valence-corrected chi connectivity index (χ3v) is 4.80. The number of rotatable bonds is 3. The van der Waals surface area contributed by atoms with Crippen molar-refractivity contribution < 1.29 is 9.90 Å². The average Bonchev–Trinajstić information content (AvgIpc) is 3.11. The second-order valence-electron chi connectivity index (χ2n) is 6.67. The fraction of sp³-hybridized carbons (Fsp3) is 0.300. The zero-order chi connectivity index (χ0) is 17.9. The van der Waals surface area contributed by atoms with Gasteiger partial charge in [0.15, 0.2) is 0 Å². The van der Waals surface area contributed by atoms with Crippen molar-refractivity contribution in [2.45, 2.75) is 25.5 Å². The van der Waals surface area contributed by atoms with Gasteiger partial charge in [-0.2, -0.15) is 0 Å². The highest BCUT2D eigenvalue weighted by atomic mass is 16.3. The first-order valence-corrected chi connectivity index (χ1v) is 8.93. The van der Waals surface area contributed by atoms with Gasteiger partial charge in [-0.25, -0.2) is 9.78 Å². The molecule has 134 valence electrons. The molecule has 1 aliphatic rings. The van der Waals surface area contributed by atoms with Crippen LogP contribution in [0.5, 0.6) is 0 Å². The van der Waals surface area contributed by atoms with Crippen LogP contribution in [-0.4, -0.2) is 44.8 Å². The van der Waals surface area contributed by atoms with Crippen LogP contribution in [-0.2, 0) is 6.54 Å². The number of hydrogen-bond acceptors (Lipinski definition) is 3. The van der Waals surface area contributed by atoms with Crippen molar-refractivity contribution in [2.24, 2.45) is 0 Å². The van der Waals surface area contributed by atoms with E-state index in [4.69, 9.17) is 0 Å². The van der Waals surface area contributed by atoms with Crippen LogP contribution in [0.15, 0.2) is 54.9 Å². The van der Waals surface area contributed by atoms with Gasteiger partial charge in [0, 0.05) is 25.3 Å². The third-order valence-electron chi connectivity index (χ3n) is 4.80. The van der Waals surface area contributed by atoms with Gasteiger partial charge in [-0.05, 0) is 42.7 Å². The predicted octanol–water partition coefficient (Wildman–Crippen LogP) is 2.69. The minimum Gasteiger partial charge on any atom is -0.391 e. The molecule has 1 atom stereocenters. The van der Waals surface area contributed by atoms with Crippen LogP contribution in [0.1, 0.15) is 18.4 Å². The summed E-state index contributed by atoms with van der Waals surface area (Å²) in [5, 5.41) is 12.6. The van der Waals surface area contributed by atoms with E-state index in [1.807, 2.05) is 59.4 Å². The summed E-state index contributed by atoms with van der Waals surface area (Å²) in [6.45, 7) is 1.59. The summed E-state index contributed by atoms with van der Waals surface area (Å²) in [5.74, 6) is 0. The summed E-state index contributed by atoms with van der Waals surface area (Å²) >= 11 is 0. The number of fused-ring (bicyclic) bond motifs is 1. The maximum absolute atomic E-state index is 12.2. The van der Waals surface area contributed by atoms with E-state index < -0.39 is 6.10 Å². The average molecular weight is 350 g/mol. The molecule has 2 aromatic carbocycles. The smallest absolute Gasteiger partial charge is 0.317 e. The summed E-state index contributed by atoms with van der Waals surface area (Å²) in [5.41, 5.74) is 4.10. The topological polar surface area (TPSA) is 70.4 Å². The van der Waals surface area contributed by atoms with E-state index in [2.05, 4.69) is 10.3 Å². The summed E-state index contributed by atoms with van der Waals surface area (Å²) in [4.78, 5) is 18.3. The van der Waals surface area contributed by atoms with Gasteiger partial charge in [0.1, 0.15) is 6.33 Å². The molecule has 1 saturated heterocycles. The van der Waals surface area contributed by atoms with Crippen molar-refractivity contribution in [1.29, 1.82) is 0 Å². The van der Waals surface area contributed by atoms with E-state index in [1.165, 1.54) is 0 Å². The summed E-state index contributed by atoms with van der Waals surface area (Å²) in [6, 6.07) is 16.0. The molecule has 2 heterocycles. The second-order valence-corrected chi connectivity index (χ2v) is 6.67. The molecule has 2 N–H and O–H groups in total. The van der Waals surface area contributed by atoms with Gasteiger partial charge in [-0.3, -0.25) is 4.57 Å². The van der Waals surface area contributed by atoms with Crippen LogP contribution in [0.3, 0.4) is 0 Å². The van der Waals surface area contributed by atoms with E-state index in [1.54, 1.807) is 4.90 Å². The Balaban J connectivity index is 1.41. The van der Waals surface area contributed by atoms with Gasteiger partial charge >= 0.3 is 6.03 Å². The van der Waals surface area contributed by atoms with Crippen LogP contribution < -0.4 is 5.32 Å². The number of piperidine rings is 1. The summed E-state index contributed by atoms with van der Waals surface area (Å²) < 4.78 is 2.05. The van der Waals surface area contributed by atoms with Crippen molar-refractivity contribution in [3.8, 4) is 5.69 Å². The number of hydrogen-bond donors (Lipinski definition) is 2. The van der Waals surface area contributed by atoms with Crippen LogP contribution in [0, 0.1) is 0 Å². The van der Waals surface area contributed by atoms with Crippen LogP contribution in [0.2, 0.25) is 0 Å². The Bertz CT molecular complexity index is 904. The Hall–Kier alpha value is -2.86. The monoisotopic (exact) mass is 350 g/mol. The molecule has 0 bridgehead atoms. The van der Waals surface area contributed by atoms with Crippen molar-refractivity contribution in [3.05, 3.63) is 60.4 Å². The number of carbonyl (C=O) groups excluding carboxylic acids is 1. The number of aliphatic hydroxyl groups excluding tert-OH is 1. The lowest BCUT2D eigenvalue weighted by Crippen LogP contribution is -2.46. The first kappa shape index (κ1) is 16.6. The van der Waals surface area contributed by atoms with Crippen molar-refractivity contribution in [1.82, 2.24) is 19.8 Å². The minimum atomic E-state index is -0.404. The molecular weight excluding hydrogens is 328 g/mol. The lowest BCUT2D eigenvalue weighted by atomic mass is 10.1. The first-order chi connectivity index (χ1) is 12.7. The maximum Gasteiger partial charge on any atom is 0.317 e. The molecule has 1 aromatic heterocycles. The Morgan fingerprint density at radius 3 is 2.81 bits per heavy atom. The Morgan fingerprint density at radius 2 is 2.00 bits per heavy atom. The number of aliphatic hydroxyl groups is 1. The number of urea groups is 1. The van der Waals surface area contributed by atoms with E-state index in [-0.39, 0.29) is 6.03 Å². The number of amides is 2. The molecule has 26 heavy (non-hydrogen) atoms. The molecule has 0 spiro atoms. The first-order valence-electron chi connectivity index (χ1n) is 8.93. The molecular formula is C20H22N4O2. The van der Waals surface area contributed by atoms with Crippen molar-refractivity contribution in [2.75, 3.05) is 13.1 Å². The molecule has 6 nitrogen and oxygen atoms in total. The van der Waals surface area contributed by atoms with Gasteiger partial charge in [0.2, 0.25) is 0 Å². The molecule has 4 rings (SSSR count). The number of para-hydroxylation sites is 2. The molecule has 1 fully saturated rings. The van der Waals surface area contributed by atoms with Crippen molar-refractivity contribution >= 4 is 17.1 Å². The molecule has 6 heteroatoms. The van der Waals surface area contributed by atoms with Gasteiger partial charge < -0.3 is 15.3 Å². The zero-order valence-corrected chi connectivity index (χ0v) is 14.5. The quantitative estimate of drug-likeness (QED) is 0.763. The largest absolute Gasteiger partial charge is 0.391 e. The number of aromatic nitrogens is 2. The fourth-order valence-electron chi connectivity index (χ4n) is 3.37. The van der Waals surface area contributed by atoms with E-state index in [9.17, 15) is 9.90 Å². The molecule has 0 radical (unpaired) electrons. The molecule has 3 aromatic rings. The number of carbonyl (C=O) groups is 1. The third kappa shape index (κ3) is 3.41. The van der Waals surface area contributed by atoms with Gasteiger partial charge in [0.05, 0.1) is 17.1 Å². The standard InChI is InChI=1S/C20H22N4O2/c25-17-4-3-11-23(13-17)20(26)21-12-15-7-9-16(10-8-15)24-14-22-18-5-1-2-6-19(18)24/h1-2,5-10,14,17,25H,3-4,11-13H2,(H,21,26)/t17-/m0/s1. The number of nitrogens with zero attached hydrogens (tertiary/aromatic N) is 3. The molecule has 1 aliphatic heterocycles. The zero-order valence-electron chi connectivity index (χ0n) is 14.5.